The van der Waals surface area contributed by atoms with Gasteiger partial charge in [-0.2, -0.15) is 0 Å². The van der Waals surface area contributed by atoms with Gasteiger partial charge in [0.2, 0.25) is 0 Å². The molecule has 0 spiro atoms. The predicted molar refractivity (Wildman–Crippen MR) is 74.4 cm³/mol. The van der Waals surface area contributed by atoms with Gasteiger partial charge in [0.25, 0.3) is 0 Å². The van der Waals surface area contributed by atoms with Crippen molar-refractivity contribution in [2.45, 2.75) is 51.7 Å². The van der Waals surface area contributed by atoms with E-state index in [0.29, 0.717) is 18.7 Å². The number of nitrogens with zero attached hydrogens (tertiary/aromatic N) is 3. The maximum Gasteiger partial charge on any atom is 0.315 e. The average Bonchev–Trinajstić information content (AvgIpc) is 2.93. The molecule has 2 amide bonds. The average molecular weight is 295 g/mol. The van der Waals surface area contributed by atoms with Crippen LogP contribution in [0.15, 0.2) is 6.33 Å². The van der Waals surface area contributed by atoms with Crippen molar-refractivity contribution >= 4 is 12.0 Å². The SMILES string of the molecule is CCn1cnnc1CNC(=O)NC1CCCCC1C(=O)O. The zero-order chi connectivity index (χ0) is 15.2. The van der Waals surface area contributed by atoms with Crippen LogP contribution in [0.1, 0.15) is 38.4 Å². The Hall–Kier alpha value is -2.12. The van der Waals surface area contributed by atoms with Crippen LogP contribution < -0.4 is 10.6 Å². The number of nitrogens with one attached hydrogen (secondary N) is 2. The first-order valence-electron chi connectivity index (χ1n) is 7.25. The van der Waals surface area contributed by atoms with Gasteiger partial charge >= 0.3 is 12.0 Å². The molecule has 0 radical (unpaired) electrons. The van der Waals surface area contributed by atoms with E-state index in [1.54, 1.807) is 6.33 Å². The zero-order valence-electron chi connectivity index (χ0n) is 12.1. The number of aryl methyl sites for hydroxylation is 1. The molecule has 8 nitrogen and oxygen atoms in total. The summed E-state index contributed by atoms with van der Waals surface area (Å²) in [5, 5.41) is 22.3. The minimum Gasteiger partial charge on any atom is -0.481 e. The number of carboxylic acid groups (broad SMARTS) is 1. The lowest BCUT2D eigenvalue weighted by atomic mass is 9.84. The van der Waals surface area contributed by atoms with Crippen LogP contribution in [-0.4, -0.2) is 37.9 Å². The molecule has 1 aromatic heterocycles. The fourth-order valence-electron chi connectivity index (χ4n) is 2.66. The van der Waals surface area contributed by atoms with Gasteiger partial charge in [0.1, 0.15) is 6.33 Å². The minimum absolute atomic E-state index is 0.268. The van der Waals surface area contributed by atoms with Crippen molar-refractivity contribution in [1.29, 1.82) is 0 Å². The molecule has 1 aromatic rings. The van der Waals surface area contributed by atoms with Gasteiger partial charge in [0.15, 0.2) is 5.82 Å². The smallest absolute Gasteiger partial charge is 0.315 e. The van der Waals surface area contributed by atoms with E-state index in [4.69, 9.17) is 0 Å². The molecule has 1 aliphatic rings. The Balaban J connectivity index is 1.84. The van der Waals surface area contributed by atoms with Crippen LogP contribution in [0.3, 0.4) is 0 Å². The standard InChI is InChI=1S/C13H21N5O3/c1-2-18-8-15-17-11(18)7-14-13(21)16-10-6-4-3-5-9(10)12(19)20/h8-10H,2-7H2,1H3,(H,19,20)(H2,14,16,21). The topological polar surface area (TPSA) is 109 Å². The molecule has 0 aromatic carbocycles. The van der Waals surface area contributed by atoms with Crippen molar-refractivity contribution in [3.05, 3.63) is 12.2 Å². The molecule has 116 valence electrons. The summed E-state index contributed by atoms with van der Waals surface area (Å²) in [7, 11) is 0. The fraction of sp³-hybridized carbons (Fsp3) is 0.692. The van der Waals surface area contributed by atoms with Crippen molar-refractivity contribution in [1.82, 2.24) is 25.4 Å². The number of carbonyl (C=O) groups excluding carboxylic acids is 1. The number of amides is 2. The second-order valence-corrected chi connectivity index (χ2v) is 5.20. The summed E-state index contributed by atoms with van der Waals surface area (Å²) in [6, 6.07) is -0.668. The van der Waals surface area contributed by atoms with Gasteiger partial charge in [-0.25, -0.2) is 4.79 Å². The largest absolute Gasteiger partial charge is 0.481 e. The first-order chi connectivity index (χ1) is 10.1. The number of aliphatic carboxylic acids is 1. The molecule has 1 aliphatic carbocycles. The molecule has 2 unspecified atom stereocenters. The summed E-state index contributed by atoms with van der Waals surface area (Å²) in [4.78, 5) is 23.1. The van der Waals surface area contributed by atoms with E-state index in [0.717, 1.165) is 19.4 Å². The van der Waals surface area contributed by atoms with E-state index >= 15 is 0 Å². The van der Waals surface area contributed by atoms with Gasteiger partial charge in [-0.15, -0.1) is 10.2 Å². The zero-order valence-corrected chi connectivity index (χ0v) is 12.1. The van der Waals surface area contributed by atoms with Crippen molar-refractivity contribution in [3.8, 4) is 0 Å². The molecule has 2 atom stereocenters. The lowest BCUT2D eigenvalue weighted by Gasteiger charge is -2.29. The Labute approximate surface area is 122 Å². The van der Waals surface area contributed by atoms with Crippen molar-refractivity contribution < 1.29 is 14.7 Å². The van der Waals surface area contributed by atoms with E-state index in [-0.39, 0.29) is 18.6 Å². The second kappa shape index (κ2) is 7.05. The molecule has 1 heterocycles. The van der Waals surface area contributed by atoms with Crippen LogP contribution >= 0.6 is 0 Å². The van der Waals surface area contributed by atoms with Crippen LogP contribution in [0, 0.1) is 5.92 Å². The Morgan fingerprint density at radius 1 is 1.43 bits per heavy atom. The molecular formula is C13H21N5O3. The Kier molecular flexibility index (Phi) is 5.13. The summed E-state index contributed by atoms with van der Waals surface area (Å²) in [5.74, 6) is -0.666. The van der Waals surface area contributed by atoms with Crippen molar-refractivity contribution in [2.75, 3.05) is 0 Å². The number of urea groups is 1. The number of hydrogen-bond donors (Lipinski definition) is 3. The maximum absolute atomic E-state index is 11.9. The number of rotatable bonds is 5. The third-order valence-corrected chi connectivity index (χ3v) is 3.84. The molecule has 0 aliphatic heterocycles. The highest BCUT2D eigenvalue weighted by Gasteiger charge is 2.31. The molecule has 1 saturated carbocycles. The van der Waals surface area contributed by atoms with Gasteiger partial charge in [0.05, 0.1) is 12.5 Å². The summed E-state index contributed by atoms with van der Waals surface area (Å²) in [6.45, 7) is 2.96. The van der Waals surface area contributed by atoms with Crippen LogP contribution in [0.25, 0.3) is 0 Å². The molecule has 0 bridgehead atoms. The normalized spacial score (nSPS) is 21.8. The summed E-state index contributed by atoms with van der Waals surface area (Å²) < 4.78 is 1.83. The van der Waals surface area contributed by atoms with Crippen molar-refractivity contribution in [2.24, 2.45) is 5.92 Å². The molecule has 2 rings (SSSR count). The van der Waals surface area contributed by atoms with E-state index in [9.17, 15) is 14.7 Å². The fourth-order valence-corrected chi connectivity index (χ4v) is 2.66. The lowest BCUT2D eigenvalue weighted by Crippen LogP contribution is -2.48. The van der Waals surface area contributed by atoms with Crippen LogP contribution in [0.4, 0.5) is 4.79 Å². The molecule has 3 N–H and O–H groups in total. The number of carboxylic acids is 1. The summed E-state index contributed by atoms with van der Waals surface area (Å²) >= 11 is 0. The Morgan fingerprint density at radius 2 is 2.19 bits per heavy atom. The third-order valence-electron chi connectivity index (χ3n) is 3.84. The molecule has 1 fully saturated rings. The van der Waals surface area contributed by atoms with Crippen LogP contribution in [-0.2, 0) is 17.9 Å². The van der Waals surface area contributed by atoms with E-state index < -0.39 is 11.9 Å². The molecule has 8 heteroatoms. The number of aromatic nitrogens is 3. The Morgan fingerprint density at radius 3 is 2.90 bits per heavy atom. The molecule has 0 saturated heterocycles. The van der Waals surface area contributed by atoms with Gasteiger partial charge in [-0.05, 0) is 19.8 Å². The van der Waals surface area contributed by atoms with Gasteiger partial charge in [-0.1, -0.05) is 12.8 Å². The highest BCUT2D eigenvalue weighted by atomic mass is 16.4. The lowest BCUT2D eigenvalue weighted by molar-refractivity contribution is -0.143. The molecular weight excluding hydrogens is 274 g/mol. The van der Waals surface area contributed by atoms with Crippen LogP contribution in [0.2, 0.25) is 0 Å². The quantitative estimate of drug-likeness (QED) is 0.742. The highest BCUT2D eigenvalue weighted by Crippen LogP contribution is 2.24. The third kappa shape index (κ3) is 3.93. The number of hydrogen-bond acceptors (Lipinski definition) is 4. The van der Waals surface area contributed by atoms with Gasteiger partial charge in [-0.3, -0.25) is 4.79 Å². The number of carbonyl (C=O) groups is 2. The first-order valence-corrected chi connectivity index (χ1v) is 7.25. The van der Waals surface area contributed by atoms with Gasteiger partial charge < -0.3 is 20.3 Å². The van der Waals surface area contributed by atoms with E-state index in [1.807, 2.05) is 11.5 Å². The predicted octanol–water partition coefficient (Wildman–Crippen LogP) is 0.741. The summed E-state index contributed by atoms with van der Waals surface area (Å²) in [6.07, 6.45) is 4.77. The highest BCUT2D eigenvalue weighted by molar-refractivity contribution is 5.76. The Bertz CT molecular complexity index is 502. The van der Waals surface area contributed by atoms with Gasteiger partial charge in [0, 0.05) is 12.6 Å². The first kappa shape index (κ1) is 15.3. The van der Waals surface area contributed by atoms with E-state index in [1.165, 1.54) is 0 Å². The second-order valence-electron chi connectivity index (χ2n) is 5.20. The minimum atomic E-state index is -0.842. The van der Waals surface area contributed by atoms with Crippen molar-refractivity contribution in [3.63, 3.8) is 0 Å². The van der Waals surface area contributed by atoms with Crippen LogP contribution in [0.5, 0.6) is 0 Å². The monoisotopic (exact) mass is 295 g/mol. The maximum atomic E-state index is 11.9. The van der Waals surface area contributed by atoms with E-state index in [2.05, 4.69) is 20.8 Å². The summed E-state index contributed by atoms with van der Waals surface area (Å²) in [5.41, 5.74) is 0. The molecule has 21 heavy (non-hydrogen) atoms.